The van der Waals surface area contributed by atoms with Crippen molar-refractivity contribution < 1.29 is 23.9 Å². The van der Waals surface area contributed by atoms with E-state index in [4.69, 9.17) is 9.47 Å². The maximum absolute atomic E-state index is 12.2. The number of esters is 1. The van der Waals surface area contributed by atoms with Gasteiger partial charge in [0.1, 0.15) is 5.75 Å². The van der Waals surface area contributed by atoms with Crippen LogP contribution in [0.15, 0.2) is 42.5 Å². The number of rotatable bonds is 7. The molecule has 0 heterocycles. The number of ether oxygens (including phenoxy) is 2. The van der Waals surface area contributed by atoms with E-state index >= 15 is 0 Å². The fourth-order valence-electron chi connectivity index (χ4n) is 2.53. The van der Waals surface area contributed by atoms with Gasteiger partial charge in [-0.25, -0.2) is 0 Å². The zero-order valence-corrected chi connectivity index (χ0v) is 15.9. The molecule has 2 aromatic rings. The van der Waals surface area contributed by atoms with Gasteiger partial charge in [-0.2, -0.15) is 0 Å². The van der Waals surface area contributed by atoms with Crippen LogP contribution in [0, 0.1) is 6.92 Å². The third kappa shape index (κ3) is 5.67. The molecule has 0 saturated carbocycles. The molecule has 0 aliphatic heterocycles. The number of amides is 1. The molecule has 0 radical (unpaired) electrons. The summed E-state index contributed by atoms with van der Waals surface area (Å²) < 4.78 is 10.5. The van der Waals surface area contributed by atoms with E-state index in [9.17, 15) is 14.4 Å². The molecule has 0 fully saturated rings. The van der Waals surface area contributed by atoms with E-state index in [2.05, 4.69) is 5.32 Å². The molecule has 6 heteroatoms. The van der Waals surface area contributed by atoms with E-state index < -0.39 is 18.0 Å². The standard InChI is InChI=1S/C21H23NO5/c1-13-5-10-19(26-4)17(11-13)12-20(24)27-15(3)21(25)22-18-8-6-16(7-9-18)14(2)23/h5-11,15H,12H2,1-4H3,(H,22,25)/t15-/m1/s1. The lowest BCUT2D eigenvalue weighted by Gasteiger charge is -2.15. The predicted octanol–water partition coefficient (Wildman–Crippen LogP) is 3.32. The molecule has 0 bridgehead atoms. The summed E-state index contributed by atoms with van der Waals surface area (Å²) >= 11 is 0. The summed E-state index contributed by atoms with van der Waals surface area (Å²) in [6.45, 7) is 4.89. The number of carbonyl (C=O) groups excluding carboxylic acids is 3. The number of Topliss-reactive ketones (excluding diaryl/α,β-unsaturated/α-hetero) is 1. The van der Waals surface area contributed by atoms with Gasteiger partial charge in [0.15, 0.2) is 11.9 Å². The normalized spacial score (nSPS) is 11.4. The van der Waals surface area contributed by atoms with Crippen molar-refractivity contribution in [1.82, 2.24) is 0 Å². The lowest BCUT2D eigenvalue weighted by Crippen LogP contribution is -2.30. The van der Waals surface area contributed by atoms with E-state index in [1.54, 1.807) is 30.3 Å². The zero-order valence-electron chi connectivity index (χ0n) is 15.9. The molecule has 1 amide bonds. The molecule has 6 nitrogen and oxygen atoms in total. The van der Waals surface area contributed by atoms with Crippen molar-refractivity contribution in [3.05, 3.63) is 59.2 Å². The van der Waals surface area contributed by atoms with Gasteiger partial charge in [0.25, 0.3) is 5.91 Å². The van der Waals surface area contributed by atoms with Crippen molar-refractivity contribution in [3.8, 4) is 5.75 Å². The van der Waals surface area contributed by atoms with Crippen molar-refractivity contribution in [2.45, 2.75) is 33.3 Å². The van der Waals surface area contributed by atoms with Crippen LogP contribution in [0.25, 0.3) is 0 Å². The van der Waals surface area contributed by atoms with Gasteiger partial charge in [-0.05, 0) is 51.1 Å². The van der Waals surface area contributed by atoms with E-state index in [1.165, 1.54) is 21.0 Å². The predicted molar refractivity (Wildman–Crippen MR) is 102 cm³/mol. The third-order valence-corrected chi connectivity index (χ3v) is 4.01. The lowest BCUT2D eigenvalue weighted by atomic mass is 10.1. The van der Waals surface area contributed by atoms with Crippen LogP contribution in [0.5, 0.6) is 5.75 Å². The number of anilines is 1. The van der Waals surface area contributed by atoms with Crippen LogP contribution in [0.3, 0.4) is 0 Å². The number of ketones is 1. The Hall–Kier alpha value is -3.15. The Morgan fingerprint density at radius 3 is 2.33 bits per heavy atom. The summed E-state index contributed by atoms with van der Waals surface area (Å²) in [5, 5.41) is 2.66. The molecule has 1 N–H and O–H groups in total. The highest BCUT2D eigenvalue weighted by Crippen LogP contribution is 2.20. The van der Waals surface area contributed by atoms with Crippen molar-refractivity contribution in [1.29, 1.82) is 0 Å². The number of aryl methyl sites for hydroxylation is 1. The van der Waals surface area contributed by atoms with E-state index in [-0.39, 0.29) is 12.2 Å². The molecular weight excluding hydrogens is 346 g/mol. The van der Waals surface area contributed by atoms with Crippen LogP contribution in [0.1, 0.15) is 35.3 Å². The molecule has 1 atom stereocenters. The fourth-order valence-corrected chi connectivity index (χ4v) is 2.53. The highest BCUT2D eigenvalue weighted by Gasteiger charge is 2.19. The second-order valence-corrected chi connectivity index (χ2v) is 6.25. The smallest absolute Gasteiger partial charge is 0.311 e. The van der Waals surface area contributed by atoms with Gasteiger partial charge in [0, 0.05) is 16.8 Å². The molecular formula is C21H23NO5. The summed E-state index contributed by atoms with van der Waals surface area (Å²) in [4.78, 5) is 35.7. The summed E-state index contributed by atoms with van der Waals surface area (Å²) in [7, 11) is 1.53. The number of benzene rings is 2. The topological polar surface area (TPSA) is 81.7 Å². The largest absolute Gasteiger partial charge is 0.496 e. The maximum atomic E-state index is 12.2. The molecule has 2 aromatic carbocycles. The van der Waals surface area contributed by atoms with Gasteiger partial charge in [-0.3, -0.25) is 14.4 Å². The average molecular weight is 369 g/mol. The molecule has 0 unspecified atom stereocenters. The maximum Gasteiger partial charge on any atom is 0.311 e. The molecule has 2 rings (SSSR count). The summed E-state index contributed by atoms with van der Waals surface area (Å²) in [6, 6.07) is 12.0. The SMILES string of the molecule is COc1ccc(C)cc1CC(=O)O[C@H](C)C(=O)Nc1ccc(C(C)=O)cc1. The number of hydrogen-bond acceptors (Lipinski definition) is 5. The zero-order chi connectivity index (χ0) is 20.0. The summed E-state index contributed by atoms with van der Waals surface area (Å²) in [5.74, 6) is -0.425. The second-order valence-electron chi connectivity index (χ2n) is 6.25. The first-order valence-corrected chi connectivity index (χ1v) is 8.55. The van der Waals surface area contributed by atoms with Crippen LogP contribution >= 0.6 is 0 Å². The van der Waals surface area contributed by atoms with Crippen molar-refractivity contribution in [3.63, 3.8) is 0 Å². The Labute approximate surface area is 158 Å². The Morgan fingerprint density at radius 1 is 1.07 bits per heavy atom. The molecule has 0 saturated heterocycles. The molecule has 142 valence electrons. The van der Waals surface area contributed by atoms with E-state index in [1.807, 2.05) is 19.1 Å². The molecule has 27 heavy (non-hydrogen) atoms. The number of methoxy groups -OCH3 is 1. The molecule has 0 aliphatic rings. The summed E-state index contributed by atoms with van der Waals surface area (Å²) in [6.07, 6.45) is -0.948. The first kappa shape index (κ1) is 20.2. The van der Waals surface area contributed by atoms with Gasteiger partial charge in [-0.1, -0.05) is 17.7 Å². The number of carbonyl (C=O) groups is 3. The number of hydrogen-bond donors (Lipinski definition) is 1. The van der Waals surface area contributed by atoms with Crippen molar-refractivity contribution in [2.75, 3.05) is 12.4 Å². The Morgan fingerprint density at radius 2 is 1.74 bits per heavy atom. The first-order chi connectivity index (χ1) is 12.8. The van der Waals surface area contributed by atoms with Gasteiger partial charge < -0.3 is 14.8 Å². The quantitative estimate of drug-likeness (QED) is 0.598. The minimum atomic E-state index is -0.958. The molecule has 0 aromatic heterocycles. The lowest BCUT2D eigenvalue weighted by molar-refractivity contribution is -0.152. The first-order valence-electron chi connectivity index (χ1n) is 8.55. The van der Waals surface area contributed by atoms with Crippen LogP contribution < -0.4 is 10.1 Å². The highest BCUT2D eigenvalue weighted by molar-refractivity contribution is 5.97. The van der Waals surface area contributed by atoms with Crippen LogP contribution in [-0.2, 0) is 20.7 Å². The van der Waals surface area contributed by atoms with Gasteiger partial charge in [-0.15, -0.1) is 0 Å². The van der Waals surface area contributed by atoms with E-state index in [0.29, 0.717) is 22.6 Å². The average Bonchev–Trinajstić information content (AvgIpc) is 2.62. The van der Waals surface area contributed by atoms with E-state index in [0.717, 1.165) is 5.56 Å². The van der Waals surface area contributed by atoms with Crippen molar-refractivity contribution >= 4 is 23.3 Å². The van der Waals surface area contributed by atoms with Gasteiger partial charge >= 0.3 is 5.97 Å². The third-order valence-electron chi connectivity index (χ3n) is 4.01. The summed E-state index contributed by atoms with van der Waals surface area (Å²) in [5.41, 5.74) is 2.78. The van der Waals surface area contributed by atoms with Crippen LogP contribution in [-0.4, -0.2) is 30.9 Å². The highest BCUT2D eigenvalue weighted by atomic mass is 16.5. The minimum absolute atomic E-state index is 0.00970. The van der Waals surface area contributed by atoms with Gasteiger partial charge in [0.05, 0.1) is 13.5 Å². The van der Waals surface area contributed by atoms with Crippen molar-refractivity contribution in [2.24, 2.45) is 0 Å². The number of nitrogens with one attached hydrogen (secondary N) is 1. The Kier molecular flexibility index (Phi) is 6.71. The fraction of sp³-hybridized carbons (Fsp3) is 0.286. The molecule has 0 aliphatic carbocycles. The Balaban J connectivity index is 1.94. The van der Waals surface area contributed by atoms with Crippen LogP contribution in [0.2, 0.25) is 0 Å². The monoisotopic (exact) mass is 369 g/mol. The van der Waals surface area contributed by atoms with Gasteiger partial charge in [0.2, 0.25) is 0 Å². The Bertz CT molecular complexity index is 842. The second kappa shape index (κ2) is 8.98. The minimum Gasteiger partial charge on any atom is -0.496 e. The molecule has 0 spiro atoms. The van der Waals surface area contributed by atoms with Crippen LogP contribution in [0.4, 0.5) is 5.69 Å².